The van der Waals surface area contributed by atoms with Crippen molar-refractivity contribution in [1.29, 1.82) is 0 Å². The third-order valence-electron chi connectivity index (χ3n) is 8.67. The number of urea groups is 1. The highest BCUT2D eigenvalue weighted by atomic mass is 19.1. The van der Waals surface area contributed by atoms with E-state index in [1.54, 1.807) is 29.2 Å². The number of nitrogens with one attached hydrogen (secondary N) is 1. The Morgan fingerprint density at radius 1 is 0.844 bits per heavy atom. The number of hydrogen-bond donors (Lipinski definition) is 1. The van der Waals surface area contributed by atoms with E-state index < -0.39 is 30.1 Å². The maximum atomic E-state index is 13.5. The molecule has 0 aliphatic carbocycles. The van der Waals surface area contributed by atoms with Crippen molar-refractivity contribution in [2.24, 2.45) is 5.92 Å². The van der Waals surface area contributed by atoms with Crippen LogP contribution < -0.4 is 10.2 Å². The Balaban J connectivity index is 1.30. The average molecular weight is 617 g/mol. The molecule has 3 aromatic rings. The van der Waals surface area contributed by atoms with Gasteiger partial charge in [-0.25, -0.2) is 18.8 Å². The van der Waals surface area contributed by atoms with Gasteiger partial charge in [-0.2, -0.15) is 0 Å². The second-order valence-electron chi connectivity index (χ2n) is 11.9. The van der Waals surface area contributed by atoms with Gasteiger partial charge in [0.2, 0.25) is 0 Å². The number of hydrogen-bond acceptors (Lipinski definition) is 7. The van der Waals surface area contributed by atoms with Gasteiger partial charge in [-0.3, -0.25) is 4.90 Å². The lowest BCUT2D eigenvalue weighted by molar-refractivity contribution is -0.144. The van der Waals surface area contributed by atoms with E-state index >= 15 is 0 Å². The van der Waals surface area contributed by atoms with Crippen molar-refractivity contribution in [1.82, 2.24) is 15.1 Å². The number of ether oxygens (including phenoxy) is 2. The fourth-order valence-electron chi connectivity index (χ4n) is 6.07. The van der Waals surface area contributed by atoms with E-state index in [0.29, 0.717) is 18.5 Å². The van der Waals surface area contributed by atoms with Gasteiger partial charge >= 0.3 is 18.0 Å². The predicted molar refractivity (Wildman–Crippen MR) is 170 cm³/mol. The van der Waals surface area contributed by atoms with Crippen LogP contribution in [0.3, 0.4) is 0 Å². The van der Waals surface area contributed by atoms with Gasteiger partial charge in [-0.1, -0.05) is 56.3 Å². The number of piperazine rings is 1. The molecule has 0 radical (unpaired) electrons. The van der Waals surface area contributed by atoms with Crippen LogP contribution in [0.1, 0.15) is 30.6 Å². The van der Waals surface area contributed by atoms with Crippen molar-refractivity contribution >= 4 is 23.7 Å². The minimum atomic E-state index is -0.788. The number of nitrogens with zero attached hydrogens (tertiary/aromatic N) is 3. The number of amides is 2. The maximum absolute atomic E-state index is 13.5. The molecule has 1 N–H and O–H groups in total. The Bertz CT molecular complexity index is 1440. The summed E-state index contributed by atoms with van der Waals surface area (Å²) in [6.07, 6.45) is 0.0122. The molecule has 2 saturated heterocycles. The number of halogens is 1. The molecule has 2 aliphatic rings. The minimum Gasteiger partial charge on any atom is -0.467 e. The Morgan fingerprint density at radius 2 is 1.49 bits per heavy atom. The lowest BCUT2D eigenvalue weighted by Gasteiger charge is -2.46. The summed E-state index contributed by atoms with van der Waals surface area (Å²) in [7, 11) is 1.30. The molecule has 2 fully saturated rings. The number of methoxy groups -OCH3 is 1. The highest BCUT2D eigenvalue weighted by Crippen LogP contribution is 2.26. The lowest BCUT2D eigenvalue weighted by atomic mass is 9.98. The van der Waals surface area contributed by atoms with Crippen LogP contribution in [0.15, 0.2) is 78.9 Å². The second-order valence-corrected chi connectivity index (χ2v) is 11.9. The number of anilines is 1. The third kappa shape index (κ3) is 7.81. The SMILES string of the molecule is COC(=O)C(NC(=O)N1CC[C@@H](N2CCN(c3ccc(F)cc3)CC2)[C@H](OC(=O)c2ccc(-c3ccccc3)cc2)C1)C(C)C. The number of carbonyl (C=O) groups excluding carboxylic acids is 3. The molecule has 2 aliphatic heterocycles. The van der Waals surface area contributed by atoms with Crippen molar-refractivity contribution in [3.05, 3.63) is 90.2 Å². The Labute approximate surface area is 263 Å². The Morgan fingerprint density at radius 3 is 2.11 bits per heavy atom. The number of carbonyl (C=O) groups is 3. The molecule has 10 heteroatoms. The molecule has 0 spiro atoms. The van der Waals surface area contributed by atoms with Crippen LogP contribution >= 0.6 is 0 Å². The van der Waals surface area contributed by atoms with Crippen molar-refractivity contribution in [3.63, 3.8) is 0 Å². The summed E-state index contributed by atoms with van der Waals surface area (Å²) in [4.78, 5) is 45.2. The zero-order chi connectivity index (χ0) is 31.9. The van der Waals surface area contributed by atoms with Crippen LogP contribution in [0.25, 0.3) is 11.1 Å². The molecular formula is C35H41FN4O5. The molecule has 5 rings (SSSR count). The van der Waals surface area contributed by atoms with Crippen molar-refractivity contribution < 1.29 is 28.2 Å². The van der Waals surface area contributed by atoms with E-state index in [2.05, 4.69) is 15.1 Å². The van der Waals surface area contributed by atoms with Crippen LogP contribution in [0, 0.1) is 11.7 Å². The van der Waals surface area contributed by atoms with E-state index in [1.165, 1.54) is 19.2 Å². The summed E-state index contributed by atoms with van der Waals surface area (Å²) < 4.78 is 24.5. The van der Waals surface area contributed by atoms with Crippen LogP contribution in [-0.4, -0.2) is 92.3 Å². The molecule has 1 unspecified atom stereocenters. The van der Waals surface area contributed by atoms with Crippen molar-refractivity contribution in [3.8, 4) is 11.1 Å². The van der Waals surface area contributed by atoms with Gasteiger partial charge in [0.05, 0.1) is 25.3 Å². The average Bonchev–Trinajstić information content (AvgIpc) is 3.07. The summed E-state index contributed by atoms with van der Waals surface area (Å²) in [5, 5.41) is 2.81. The van der Waals surface area contributed by atoms with E-state index in [0.717, 1.165) is 43.0 Å². The van der Waals surface area contributed by atoms with Gasteiger partial charge < -0.3 is 24.6 Å². The number of rotatable bonds is 8. The second kappa shape index (κ2) is 14.6. The molecule has 0 bridgehead atoms. The molecule has 0 aromatic heterocycles. The highest BCUT2D eigenvalue weighted by molar-refractivity contribution is 5.90. The van der Waals surface area contributed by atoms with E-state index in [9.17, 15) is 18.8 Å². The normalized spacial score (nSPS) is 19.6. The first-order chi connectivity index (χ1) is 21.7. The van der Waals surface area contributed by atoms with Gasteiger partial charge in [0.1, 0.15) is 18.0 Å². The first kappa shape index (κ1) is 32.0. The van der Waals surface area contributed by atoms with Crippen LogP contribution in [0.4, 0.5) is 14.9 Å². The molecule has 238 valence electrons. The van der Waals surface area contributed by atoms with Gasteiger partial charge in [0, 0.05) is 38.4 Å². The summed E-state index contributed by atoms with van der Waals surface area (Å²) in [5.74, 6) is -1.39. The maximum Gasteiger partial charge on any atom is 0.338 e. The standard InChI is InChI=1S/C35H41FN4O5/c1-24(2)32(34(42)44-3)37-35(43)40-18-17-30(39-21-19-38(20-22-39)29-15-13-28(36)14-16-29)31(23-40)45-33(41)27-11-9-26(10-12-27)25-7-5-4-6-8-25/h4-16,24,30-32H,17-23H2,1-3H3,(H,37,43)/t30-,31-,32?/m1/s1. The highest BCUT2D eigenvalue weighted by Gasteiger charge is 2.39. The molecule has 3 atom stereocenters. The van der Waals surface area contributed by atoms with Crippen LogP contribution in [0.5, 0.6) is 0 Å². The third-order valence-corrected chi connectivity index (χ3v) is 8.67. The molecule has 2 amide bonds. The molecular weight excluding hydrogens is 575 g/mol. The fraction of sp³-hybridized carbons (Fsp3) is 0.400. The van der Waals surface area contributed by atoms with E-state index in [1.807, 2.05) is 56.3 Å². The van der Waals surface area contributed by atoms with Gasteiger partial charge in [0.15, 0.2) is 0 Å². The molecule has 0 saturated carbocycles. The minimum absolute atomic E-state index is 0.0986. The van der Waals surface area contributed by atoms with Crippen molar-refractivity contribution in [2.45, 2.75) is 38.5 Å². The molecule has 2 heterocycles. The van der Waals surface area contributed by atoms with Gasteiger partial charge in [-0.05, 0) is 59.9 Å². The topological polar surface area (TPSA) is 91.4 Å². The van der Waals surface area contributed by atoms with Crippen molar-refractivity contribution in [2.75, 3.05) is 51.3 Å². The number of benzene rings is 3. The summed E-state index contributed by atoms with van der Waals surface area (Å²) in [6.45, 7) is 7.25. The monoisotopic (exact) mass is 616 g/mol. The number of likely N-dealkylation sites (tertiary alicyclic amines) is 1. The number of piperidine rings is 1. The lowest BCUT2D eigenvalue weighted by Crippen LogP contribution is -2.62. The zero-order valence-electron chi connectivity index (χ0n) is 26.0. The Kier molecular flexibility index (Phi) is 10.3. The predicted octanol–water partition coefficient (Wildman–Crippen LogP) is 4.82. The van der Waals surface area contributed by atoms with Gasteiger partial charge in [0.25, 0.3) is 0 Å². The van der Waals surface area contributed by atoms with E-state index in [-0.39, 0.29) is 24.3 Å². The molecule has 45 heavy (non-hydrogen) atoms. The fourth-order valence-corrected chi connectivity index (χ4v) is 6.07. The smallest absolute Gasteiger partial charge is 0.338 e. The van der Waals surface area contributed by atoms with Gasteiger partial charge in [-0.15, -0.1) is 0 Å². The largest absolute Gasteiger partial charge is 0.467 e. The zero-order valence-corrected chi connectivity index (χ0v) is 26.0. The first-order valence-corrected chi connectivity index (χ1v) is 15.5. The van der Waals surface area contributed by atoms with Crippen LogP contribution in [0.2, 0.25) is 0 Å². The molecule has 9 nitrogen and oxygen atoms in total. The van der Waals surface area contributed by atoms with E-state index in [4.69, 9.17) is 9.47 Å². The first-order valence-electron chi connectivity index (χ1n) is 15.5. The number of esters is 2. The molecule has 3 aromatic carbocycles. The Hall–Kier alpha value is -4.44. The quantitative estimate of drug-likeness (QED) is 0.363. The van der Waals surface area contributed by atoms with Crippen LogP contribution in [-0.2, 0) is 14.3 Å². The summed E-state index contributed by atoms with van der Waals surface area (Å²) in [6, 6.07) is 22.5. The summed E-state index contributed by atoms with van der Waals surface area (Å²) >= 11 is 0. The summed E-state index contributed by atoms with van der Waals surface area (Å²) in [5.41, 5.74) is 3.45.